The topological polar surface area (TPSA) is 35.8 Å². The van der Waals surface area contributed by atoms with E-state index in [1.807, 2.05) is 6.07 Å². The molecule has 0 aliphatic carbocycles. The van der Waals surface area contributed by atoms with Crippen LogP contribution in [-0.2, 0) is 6.54 Å². The molecule has 0 unspecified atom stereocenters. The highest BCUT2D eigenvalue weighted by Crippen LogP contribution is 2.20. The van der Waals surface area contributed by atoms with Crippen LogP contribution in [0.3, 0.4) is 0 Å². The Morgan fingerprint density at radius 2 is 2.12 bits per heavy atom. The third-order valence-electron chi connectivity index (χ3n) is 3.06. The van der Waals surface area contributed by atoms with Crippen LogP contribution in [0.4, 0.5) is 0 Å². The van der Waals surface area contributed by atoms with E-state index in [9.17, 15) is 0 Å². The van der Waals surface area contributed by atoms with Crippen molar-refractivity contribution in [1.82, 2.24) is 5.32 Å². The van der Waals surface area contributed by atoms with Crippen LogP contribution in [0.25, 0.3) is 0 Å². The van der Waals surface area contributed by atoms with Crippen LogP contribution >= 0.6 is 11.6 Å². The SMILES string of the molecule is CCC(C)(C)CNCc1ccc(C#N)cc1Cl. The van der Waals surface area contributed by atoms with Crippen LogP contribution in [0.1, 0.15) is 38.3 Å². The van der Waals surface area contributed by atoms with Gasteiger partial charge in [0.25, 0.3) is 0 Å². The largest absolute Gasteiger partial charge is 0.312 e. The number of hydrogen-bond acceptors (Lipinski definition) is 2. The molecule has 0 atom stereocenters. The van der Waals surface area contributed by atoms with Crippen molar-refractivity contribution in [2.45, 2.75) is 33.7 Å². The third-order valence-corrected chi connectivity index (χ3v) is 3.41. The predicted molar refractivity (Wildman–Crippen MR) is 71.9 cm³/mol. The Kier molecular flexibility index (Phi) is 4.99. The summed E-state index contributed by atoms with van der Waals surface area (Å²) in [7, 11) is 0. The molecule has 0 aliphatic rings. The zero-order chi connectivity index (χ0) is 12.9. The molecule has 0 saturated carbocycles. The molecule has 0 spiro atoms. The van der Waals surface area contributed by atoms with Gasteiger partial charge in [-0.15, -0.1) is 0 Å². The molecule has 0 fully saturated rings. The summed E-state index contributed by atoms with van der Waals surface area (Å²) in [5.74, 6) is 0. The minimum absolute atomic E-state index is 0.305. The third kappa shape index (κ3) is 4.38. The number of hydrogen-bond donors (Lipinski definition) is 1. The average Bonchev–Trinajstić information content (AvgIpc) is 2.31. The molecule has 0 aliphatic heterocycles. The van der Waals surface area contributed by atoms with Crippen molar-refractivity contribution in [3.8, 4) is 6.07 Å². The number of halogens is 1. The summed E-state index contributed by atoms with van der Waals surface area (Å²) in [6, 6.07) is 7.50. The second kappa shape index (κ2) is 6.05. The fourth-order valence-corrected chi connectivity index (χ4v) is 1.67. The van der Waals surface area contributed by atoms with Gasteiger partial charge in [0, 0.05) is 18.1 Å². The fraction of sp³-hybridized carbons (Fsp3) is 0.500. The highest BCUT2D eigenvalue weighted by Gasteiger charge is 2.14. The molecule has 0 bridgehead atoms. The molecule has 0 radical (unpaired) electrons. The summed E-state index contributed by atoms with van der Waals surface area (Å²) in [6.07, 6.45) is 1.14. The van der Waals surface area contributed by atoms with Gasteiger partial charge in [0.2, 0.25) is 0 Å². The smallest absolute Gasteiger partial charge is 0.0992 e. The lowest BCUT2D eigenvalue weighted by atomic mass is 9.90. The number of nitrogens with zero attached hydrogens (tertiary/aromatic N) is 1. The Hall–Kier alpha value is -1.04. The molecule has 3 heteroatoms. The molecule has 1 aromatic rings. The van der Waals surface area contributed by atoms with Crippen LogP contribution in [-0.4, -0.2) is 6.54 Å². The maximum Gasteiger partial charge on any atom is 0.0992 e. The van der Waals surface area contributed by atoms with E-state index in [2.05, 4.69) is 32.2 Å². The average molecular weight is 251 g/mol. The molecule has 0 aromatic heterocycles. The summed E-state index contributed by atoms with van der Waals surface area (Å²) in [5, 5.41) is 12.8. The van der Waals surface area contributed by atoms with Gasteiger partial charge in [-0.2, -0.15) is 5.26 Å². The summed E-state index contributed by atoms with van der Waals surface area (Å²) >= 11 is 6.10. The van der Waals surface area contributed by atoms with Crippen LogP contribution in [0, 0.1) is 16.7 Å². The van der Waals surface area contributed by atoms with Gasteiger partial charge in [0.1, 0.15) is 0 Å². The lowest BCUT2D eigenvalue weighted by Gasteiger charge is -2.23. The van der Waals surface area contributed by atoms with Gasteiger partial charge in [0.05, 0.1) is 11.6 Å². The second-order valence-electron chi connectivity index (χ2n) is 5.04. The van der Waals surface area contributed by atoms with Crippen LogP contribution in [0.5, 0.6) is 0 Å². The molecular weight excluding hydrogens is 232 g/mol. The highest BCUT2D eigenvalue weighted by atomic mass is 35.5. The van der Waals surface area contributed by atoms with Crippen LogP contribution < -0.4 is 5.32 Å². The van der Waals surface area contributed by atoms with Gasteiger partial charge >= 0.3 is 0 Å². The van der Waals surface area contributed by atoms with Crippen molar-refractivity contribution in [1.29, 1.82) is 5.26 Å². The zero-order valence-corrected chi connectivity index (χ0v) is 11.4. The van der Waals surface area contributed by atoms with Crippen molar-refractivity contribution in [3.05, 3.63) is 34.3 Å². The molecule has 0 amide bonds. The lowest BCUT2D eigenvalue weighted by Crippen LogP contribution is -2.28. The van der Waals surface area contributed by atoms with Crippen LogP contribution in [0.2, 0.25) is 5.02 Å². The molecule has 1 rings (SSSR count). The summed E-state index contributed by atoms with van der Waals surface area (Å²) in [5.41, 5.74) is 1.95. The van der Waals surface area contributed by atoms with E-state index < -0.39 is 0 Å². The first-order valence-electron chi connectivity index (χ1n) is 5.88. The molecule has 0 heterocycles. The van der Waals surface area contributed by atoms with Crippen molar-refractivity contribution < 1.29 is 0 Å². The molecule has 17 heavy (non-hydrogen) atoms. The van der Waals surface area contributed by atoms with Gasteiger partial charge in [-0.25, -0.2) is 0 Å². The van der Waals surface area contributed by atoms with E-state index in [0.29, 0.717) is 16.0 Å². The summed E-state index contributed by atoms with van der Waals surface area (Å²) in [6.45, 7) is 8.37. The number of benzene rings is 1. The monoisotopic (exact) mass is 250 g/mol. The minimum Gasteiger partial charge on any atom is -0.312 e. The maximum atomic E-state index is 8.74. The quantitative estimate of drug-likeness (QED) is 0.864. The van der Waals surface area contributed by atoms with Gasteiger partial charge < -0.3 is 5.32 Å². The first-order chi connectivity index (χ1) is 7.98. The summed E-state index contributed by atoms with van der Waals surface area (Å²) in [4.78, 5) is 0. The van der Waals surface area contributed by atoms with E-state index in [4.69, 9.17) is 16.9 Å². The molecular formula is C14H19ClN2. The molecule has 1 N–H and O–H groups in total. The number of nitrogens with one attached hydrogen (secondary N) is 1. The van der Waals surface area contributed by atoms with Gasteiger partial charge in [-0.3, -0.25) is 0 Å². The van der Waals surface area contributed by atoms with Crippen molar-refractivity contribution >= 4 is 11.6 Å². The molecule has 92 valence electrons. The Labute approximate surface area is 109 Å². The predicted octanol–water partition coefficient (Wildman–Crippen LogP) is 3.74. The van der Waals surface area contributed by atoms with E-state index in [-0.39, 0.29) is 0 Å². The van der Waals surface area contributed by atoms with Gasteiger partial charge in [-0.1, -0.05) is 38.4 Å². The standard InChI is InChI=1S/C14H19ClN2/c1-4-14(2,3)10-17-9-12-6-5-11(8-16)7-13(12)15/h5-7,17H,4,9-10H2,1-3H3. The maximum absolute atomic E-state index is 8.74. The highest BCUT2D eigenvalue weighted by molar-refractivity contribution is 6.31. The second-order valence-corrected chi connectivity index (χ2v) is 5.45. The molecule has 0 saturated heterocycles. The molecule has 1 aromatic carbocycles. The Balaban J connectivity index is 2.56. The van der Waals surface area contributed by atoms with Crippen LogP contribution in [0.15, 0.2) is 18.2 Å². The number of rotatable bonds is 5. The fourth-order valence-electron chi connectivity index (χ4n) is 1.42. The van der Waals surface area contributed by atoms with E-state index in [0.717, 1.165) is 25.1 Å². The molecule has 2 nitrogen and oxygen atoms in total. The summed E-state index contributed by atoms with van der Waals surface area (Å²) < 4.78 is 0. The number of nitriles is 1. The lowest BCUT2D eigenvalue weighted by molar-refractivity contribution is 0.327. The normalized spacial score (nSPS) is 11.2. The zero-order valence-electron chi connectivity index (χ0n) is 10.7. The minimum atomic E-state index is 0.305. The van der Waals surface area contributed by atoms with E-state index >= 15 is 0 Å². The first kappa shape index (κ1) is 14.0. The van der Waals surface area contributed by atoms with E-state index in [1.165, 1.54) is 0 Å². The van der Waals surface area contributed by atoms with Crippen molar-refractivity contribution in [2.75, 3.05) is 6.54 Å². The van der Waals surface area contributed by atoms with E-state index in [1.54, 1.807) is 12.1 Å². The Morgan fingerprint density at radius 1 is 1.41 bits per heavy atom. The van der Waals surface area contributed by atoms with Crippen molar-refractivity contribution in [3.63, 3.8) is 0 Å². The Morgan fingerprint density at radius 3 is 2.65 bits per heavy atom. The first-order valence-corrected chi connectivity index (χ1v) is 6.25. The van der Waals surface area contributed by atoms with Gasteiger partial charge in [0.15, 0.2) is 0 Å². The van der Waals surface area contributed by atoms with Crippen molar-refractivity contribution in [2.24, 2.45) is 5.41 Å². The Bertz CT molecular complexity index is 419. The van der Waals surface area contributed by atoms with Gasteiger partial charge in [-0.05, 0) is 29.5 Å².